The molecule has 2 heterocycles. The Kier molecular flexibility index (Phi) is 4.13. The van der Waals surface area contributed by atoms with Crippen molar-refractivity contribution in [1.82, 2.24) is 20.4 Å². The van der Waals surface area contributed by atoms with Gasteiger partial charge in [0, 0.05) is 17.5 Å². The first-order valence-electron chi connectivity index (χ1n) is 6.41. The lowest BCUT2D eigenvalue weighted by molar-refractivity contribution is 0.466. The van der Waals surface area contributed by atoms with Crippen molar-refractivity contribution in [3.8, 4) is 11.5 Å². The van der Waals surface area contributed by atoms with Gasteiger partial charge >= 0.3 is 0 Å². The van der Waals surface area contributed by atoms with Crippen LogP contribution in [0.5, 0.6) is 0 Å². The summed E-state index contributed by atoms with van der Waals surface area (Å²) in [6, 6.07) is 9.79. The van der Waals surface area contributed by atoms with Crippen molar-refractivity contribution >= 4 is 11.8 Å². The smallest absolute Gasteiger partial charge is 0.276 e. The van der Waals surface area contributed by atoms with Crippen molar-refractivity contribution in [2.75, 3.05) is 5.75 Å². The summed E-state index contributed by atoms with van der Waals surface area (Å²) in [5.74, 6) is 1.52. The van der Waals surface area contributed by atoms with E-state index in [2.05, 4.69) is 20.4 Å². The molecule has 3 rings (SSSR count). The number of hydrogen-bond donors (Lipinski definition) is 1. The molecular weight excluding hydrogens is 272 g/mol. The topological polar surface area (TPSA) is 67.6 Å². The van der Waals surface area contributed by atoms with E-state index in [1.54, 1.807) is 11.8 Å². The van der Waals surface area contributed by atoms with Crippen molar-refractivity contribution in [3.63, 3.8) is 0 Å². The lowest BCUT2D eigenvalue weighted by Crippen LogP contribution is -1.85. The number of H-pyrrole nitrogens is 1. The Labute approximate surface area is 120 Å². The van der Waals surface area contributed by atoms with Gasteiger partial charge in [0.05, 0.1) is 6.20 Å². The zero-order valence-corrected chi connectivity index (χ0v) is 11.6. The second-order valence-electron chi connectivity index (χ2n) is 4.30. The summed E-state index contributed by atoms with van der Waals surface area (Å²) in [5, 5.41) is 15.5. The Bertz CT molecular complexity index is 636. The number of hydrogen-bond acceptors (Lipinski definition) is 5. The van der Waals surface area contributed by atoms with Crippen LogP contribution in [-0.4, -0.2) is 26.1 Å². The molecule has 20 heavy (non-hydrogen) atoms. The average molecular weight is 286 g/mol. The number of nitrogens with one attached hydrogen (secondary N) is 1. The van der Waals surface area contributed by atoms with Gasteiger partial charge in [-0.05, 0) is 30.5 Å². The van der Waals surface area contributed by atoms with Crippen LogP contribution in [-0.2, 0) is 6.42 Å². The molecule has 1 aromatic carbocycles. The van der Waals surface area contributed by atoms with Gasteiger partial charge in [-0.1, -0.05) is 30.0 Å². The zero-order valence-electron chi connectivity index (χ0n) is 10.8. The average Bonchev–Trinajstić information content (AvgIpc) is 3.16. The van der Waals surface area contributed by atoms with E-state index >= 15 is 0 Å². The van der Waals surface area contributed by atoms with E-state index in [9.17, 15) is 0 Å². The minimum Gasteiger partial charge on any atom is -0.411 e. The molecule has 0 aliphatic rings. The molecule has 0 atom stereocenters. The Balaban J connectivity index is 1.50. The number of rotatable bonds is 6. The predicted octanol–water partition coefficient (Wildman–Crippen LogP) is 3.18. The fourth-order valence-corrected chi connectivity index (χ4v) is 2.52. The number of aromatic amines is 1. The van der Waals surface area contributed by atoms with Crippen LogP contribution in [0.15, 0.2) is 52.4 Å². The Hall–Kier alpha value is -2.08. The molecule has 0 spiro atoms. The lowest BCUT2D eigenvalue weighted by atomic mass is 10.2. The summed E-state index contributed by atoms with van der Waals surface area (Å²) in [7, 11) is 0. The number of thioether (sulfide) groups is 1. The second kappa shape index (κ2) is 6.38. The Morgan fingerprint density at radius 1 is 1.15 bits per heavy atom. The molecule has 0 amide bonds. The molecule has 6 heteroatoms. The zero-order chi connectivity index (χ0) is 13.6. The Morgan fingerprint density at radius 3 is 2.85 bits per heavy atom. The fraction of sp³-hybridized carbons (Fsp3) is 0.214. The molecule has 0 fully saturated rings. The minimum absolute atomic E-state index is 0.572. The standard InChI is InChI=1S/C14H14N4OS/c1-2-6-12(7-3-1)13-17-18-14(19-13)20-8-4-5-11-9-15-16-10-11/h1-3,6-7,9-10H,4-5,8H2,(H,15,16). The molecular formula is C14H14N4OS. The molecule has 1 N–H and O–H groups in total. The largest absolute Gasteiger partial charge is 0.411 e. The van der Waals surface area contributed by atoms with Gasteiger partial charge < -0.3 is 4.42 Å². The highest BCUT2D eigenvalue weighted by atomic mass is 32.2. The van der Waals surface area contributed by atoms with Crippen LogP contribution in [0.25, 0.3) is 11.5 Å². The first-order chi connectivity index (χ1) is 9.92. The first-order valence-corrected chi connectivity index (χ1v) is 7.40. The molecule has 0 radical (unpaired) electrons. The van der Waals surface area contributed by atoms with E-state index in [0.29, 0.717) is 11.1 Å². The second-order valence-corrected chi connectivity index (χ2v) is 5.34. The van der Waals surface area contributed by atoms with Gasteiger partial charge in [-0.15, -0.1) is 10.2 Å². The monoisotopic (exact) mass is 286 g/mol. The predicted molar refractivity (Wildman–Crippen MR) is 77.4 cm³/mol. The van der Waals surface area contributed by atoms with Gasteiger partial charge in [-0.25, -0.2) is 0 Å². The third-order valence-electron chi connectivity index (χ3n) is 2.82. The van der Waals surface area contributed by atoms with Crippen LogP contribution in [0.4, 0.5) is 0 Å². The van der Waals surface area contributed by atoms with E-state index in [1.807, 2.05) is 42.7 Å². The van der Waals surface area contributed by atoms with Crippen molar-refractivity contribution in [3.05, 3.63) is 48.3 Å². The highest BCUT2D eigenvalue weighted by Crippen LogP contribution is 2.23. The molecule has 3 aromatic rings. The fourth-order valence-electron chi connectivity index (χ4n) is 1.82. The molecule has 102 valence electrons. The van der Waals surface area contributed by atoms with Gasteiger partial charge in [0.2, 0.25) is 5.89 Å². The number of aryl methyl sites for hydroxylation is 1. The first kappa shape index (κ1) is 12.9. The lowest BCUT2D eigenvalue weighted by Gasteiger charge is -1.96. The maximum atomic E-state index is 5.63. The molecule has 0 saturated carbocycles. The summed E-state index contributed by atoms with van der Waals surface area (Å²) in [5.41, 5.74) is 2.17. The molecule has 0 aliphatic carbocycles. The Morgan fingerprint density at radius 2 is 2.05 bits per heavy atom. The van der Waals surface area contributed by atoms with Crippen LogP contribution < -0.4 is 0 Å². The summed E-state index contributed by atoms with van der Waals surface area (Å²) in [6.45, 7) is 0. The third kappa shape index (κ3) is 3.27. The van der Waals surface area contributed by atoms with Gasteiger partial charge in [0.15, 0.2) is 0 Å². The normalized spacial score (nSPS) is 10.8. The van der Waals surface area contributed by atoms with Crippen LogP contribution in [0, 0.1) is 0 Å². The van der Waals surface area contributed by atoms with Crippen molar-refractivity contribution in [2.45, 2.75) is 18.1 Å². The van der Waals surface area contributed by atoms with Crippen molar-refractivity contribution in [2.24, 2.45) is 0 Å². The van der Waals surface area contributed by atoms with E-state index in [-0.39, 0.29) is 0 Å². The van der Waals surface area contributed by atoms with E-state index in [1.165, 1.54) is 5.56 Å². The van der Waals surface area contributed by atoms with E-state index < -0.39 is 0 Å². The summed E-state index contributed by atoms with van der Waals surface area (Å²) in [4.78, 5) is 0. The van der Waals surface area contributed by atoms with Gasteiger partial charge in [-0.2, -0.15) is 5.10 Å². The third-order valence-corrected chi connectivity index (χ3v) is 3.72. The molecule has 0 aliphatic heterocycles. The van der Waals surface area contributed by atoms with Gasteiger partial charge in [-0.3, -0.25) is 5.10 Å². The number of aromatic nitrogens is 4. The molecule has 0 unspecified atom stereocenters. The maximum Gasteiger partial charge on any atom is 0.276 e. The van der Waals surface area contributed by atoms with Gasteiger partial charge in [0.25, 0.3) is 5.22 Å². The van der Waals surface area contributed by atoms with Crippen molar-refractivity contribution < 1.29 is 4.42 Å². The van der Waals surface area contributed by atoms with Crippen molar-refractivity contribution in [1.29, 1.82) is 0 Å². The molecule has 0 saturated heterocycles. The number of benzene rings is 1. The molecule has 0 bridgehead atoms. The summed E-state index contributed by atoms with van der Waals surface area (Å²) < 4.78 is 5.63. The maximum absolute atomic E-state index is 5.63. The minimum atomic E-state index is 0.572. The van der Waals surface area contributed by atoms with Crippen LogP contribution in [0.2, 0.25) is 0 Å². The SMILES string of the molecule is c1ccc(-c2nnc(SCCCc3cn[nH]c3)o2)cc1. The molecule has 5 nitrogen and oxygen atoms in total. The van der Waals surface area contributed by atoms with Crippen LogP contribution in [0.3, 0.4) is 0 Å². The van der Waals surface area contributed by atoms with Crippen LogP contribution >= 0.6 is 11.8 Å². The highest BCUT2D eigenvalue weighted by molar-refractivity contribution is 7.99. The summed E-state index contributed by atoms with van der Waals surface area (Å²) >= 11 is 1.59. The highest BCUT2D eigenvalue weighted by Gasteiger charge is 2.08. The number of nitrogens with zero attached hydrogens (tertiary/aromatic N) is 3. The van der Waals surface area contributed by atoms with E-state index in [4.69, 9.17) is 4.42 Å². The van der Waals surface area contributed by atoms with Crippen LogP contribution in [0.1, 0.15) is 12.0 Å². The molecule has 2 aromatic heterocycles. The summed E-state index contributed by atoms with van der Waals surface area (Å²) in [6.07, 6.45) is 5.83. The quantitative estimate of drug-likeness (QED) is 0.557. The van der Waals surface area contributed by atoms with Gasteiger partial charge in [0.1, 0.15) is 0 Å². The van der Waals surface area contributed by atoms with E-state index in [0.717, 1.165) is 24.2 Å².